The highest BCUT2D eigenvalue weighted by atomic mass is 19.1. The maximum absolute atomic E-state index is 13.8. The van der Waals surface area contributed by atoms with Gasteiger partial charge in [0.15, 0.2) is 0 Å². The van der Waals surface area contributed by atoms with Crippen LogP contribution in [0.15, 0.2) is 42.5 Å². The molecule has 0 spiro atoms. The molecule has 27 heavy (non-hydrogen) atoms. The number of hydrogen-bond donors (Lipinski definition) is 1. The van der Waals surface area contributed by atoms with Crippen LogP contribution in [-0.4, -0.2) is 17.8 Å². The molecule has 1 unspecified atom stereocenters. The van der Waals surface area contributed by atoms with Crippen LogP contribution in [0.5, 0.6) is 0 Å². The molecule has 8 heteroatoms. The molecular weight excluding hydrogens is 358 g/mol. The molecule has 1 aliphatic rings. The van der Waals surface area contributed by atoms with E-state index in [1.807, 2.05) is 0 Å². The van der Waals surface area contributed by atoms with Gasteiger partial charge >= 0.3 is 5.97 Å². The van der Waals surface area contributed by atoms with Gasteiger partial charge in [-0.15, -0.1) is 0 Å². The van der Waals surface area contributed by atoms with Crippen LogP contribution in [0.1, 0.15) is 41.8 Å². The van der Waals surface area contributed by atoms with Gasteiger partial charge in [0, 0.05) is 12.8 Å². The summed E-state index contributed by atoms with van der Waals surface area (Å²) in [6.07, 6.45) is -0.896. The SMILES string of the molecule is CC(OC(=O)c1ccc(N2NC(=O)CCC2=O)cc1)c1c(F)cccc1F. The number of anilines is 1. The van der Waals surface area contributed by atoms with Gasteiger partial charge in [0.05, 0.1) is 16.8 Å². The fourth-order valence-corrected chi connectivity index (χ4v) is 2.72. The van der Waals surface area contributed by atoms with E-state index < -0.39 is 23.7 Å². The average Bonchev–Trinajstić information content (AvgIpc) is 2.63. The predicted octanol–water partition coefficient (Wildman–Crippen LogP) is 3.04. The van der Waals surface area contributed by atoms with E-state index >= 15 is 0 Å². The van der Waals surface area contributed by atoms with E-state index in [2.05, 4.69) is 5.43 Å². The van der Waals surface area contributed by atoms with Crippen LogP contribution in [0.2, 0.25) is 0 Å². The second-order valence-corrected chi connectivity index (χ2v) is 5.99. The summed E-state index contributed by atoms with van der Waals surface area (Å²) in [7, 11) is 0. The zero-order valence-corrected chi connectivity index (χ0v) is 14.4. The first-order chi connectivity index (χ1) is 12.9. The van der Waals surface area contributed by atoms with Gasteiger partial charge in [-0.25, -0.2) is 18.6 Å². The van der Waals surface area contributed by atoms with Crippen LogP contribution in [0.25, 0.3) is 0 Å². The van der Waals surface area contributed by atoms with Crippen LogP contribution in [0.4, 0.5) is 14.5 Å². The molecular formula is C19H16F2N2O4. The molecule has 140 valence electrons. The molecule has 1 fully saturated rings. The first-order valence-electron chi connectivity index (χ1n) is 8.24. The minimum Gasteiger partial charge on any atom is -0.454 e. The minimum atomic E-state index is -1.12. The van der Waals surface area contributed by atoms with Gasteiger partial charge in [0.25, 0.3) is 0 Å². The summed E-state index contributed by atoms with van der Waals surface area (Å²) >= 11 is 0. The van der Waals surface area contributed by atoms with Crippen LogP contribution < -0.4 is 10.4 Å². The molecule has 1 heterocycles. The Kier molecular flexibility index (Phi) is 5.16. The zero-order chi connectivity index (χ0) is 19.6. The van der Waals surface area contributed by atoms with E-state index in [1.54, 1.807) is 0 Å². The summed E-state index contributed by atoms with van der Waals surface area (Å²) in [4.78, 5) is 35.5. The molecule has 1 saturated heterocycles. The quantitative estimate of drug-likeness (QED) is 0.835. The standard InChI is InChI=1S/C19H16F2N2O4/c1-11(18-14(20)3-2-4-15(18)21)27-19(26)12-5-7-13(8-6-12)23-17(25)10-9-16(24)22-23/h2-8,11H,9-10H2,1H3,(H,22,24). The maximum Gasteiger partial charge on any atom is 0.338 e. The van der Waals surface area contributed by atoms with Gasteiger partial charge in [-0.05, 0) is 43.3 Å². The number of benzene rings is 2. The summed E-state index contributed by atoms with van der Waals surface area (Å²) in [6, 6.07) is 9.13. The van der Waals surface area contributed by atoms with Gasteiger partial charge in [0.1, 0.15) is 17.7 Å². The van der Waals surface area contributed by atoms with E-state index in [1.165, 1.54) is 37.3 Å². The third-order valence-electron chi connectivity index (χ3n) is 4.10. The Morgan fingerprint density at radius 1 is 1.07 bits per heavy atom. The van der Waals surface area contributed by atoms with Gasteiger partial charge < -0.3 is 4.74 Å². The third kappa shape index (κ3) is 3.94. The van der Waals surface area contributed by atoms with Crippen molar-refractivity contribution in [1.29, 1.82) is 0 Å². The number of hydrogen-bond acceptors (Lipinski definition) is 4. The van der Waals surface area contributed by atoms with Gasteiger partial charge in [-0.3, -0.25) is 15.0 Å². The molecule has 1 N–H and O–H groups in total. The van der Waals surface area contributed by atoms with Crippen molar-refractivity contribution in [2.75, 3.05) is 5.01 Å². The van der Waals surface area contributed by atoms with E-state index in [4.69, 9.17) is 4.74 Å². The highest BCUT2D eigenvalue weighted by molar-refractivity contribution is 6.01. The Balaban J connectivity index is 1.72. The lowest BCUT2D eigenvalue weighted by Crippen LogP contribution is -2.50. The second-order valence-electron chi connectivity index (χ2n) is 5.99. The Morgan fingerprint density at radius 3 is 2.33 bits per heavy atom. The molecule has 6 nitrogen and oxygen atoms in total. The highest BCUT2D eigenvalue weighted by Crippen LogP contribution is 2.25. The van der Waals surface area contributed by atoms with Crippen molar-refractivity contribution < 1.29 is 27.9 Å². The van der Waals surface area contributed by atoms with Crippen molar-refractivity contribution >= 4 is 23.5 Å². The summed E-state index contributed by atoms with van der Waals surface area (Å²) in [5.74, 6) is -2.92. The van der Waals surface area contributed by atoms with Crippen molar-refractivity contribution in [2.24, 2.45) is 0 Å². The van der Waals surface area contributed by atoms with Crippen molar-refractivity contribution in [3.8, 4) is 0 Å². The first-order valence-corrected chi connectivity index (χ1v) is 8.24. The van der Waals surface area contributed by atoms with E-state index in [0.29, 0.717) is 5.69 Å². The lowest BCUT2D eigenvalue weighted by molar-refractivity contribution is -0.130. The molecule has 0 saturated carbocycles. The van der Waals surface area contributed by atoms with Crippen LogP contribution >= 0.6 is 0 Å². The molecule has 0 aromatic heterocycles. The van der Waals surface area contributed by atoms with E-state index in [0.717, 1.165) is 17.1 Å². The second kappa shape index (κ2) is 7.53. The summed E-state index contributed by atoms with van der Waals surface area (Å²) < 4.78 is 32.7. The number of hydrazine groups is 1. The number of amides is 2. The number of nitrogens with zero attached hydrogens (tertiary/aromatic N) is 1. The summed E-state index contributed by atoms with van der Waals surface area (Å²) in [5.41, 5.74) is 2.64. The molecule has 1 aliphatic heterocycles. The van der Waals surface area contributed by atoms with Crippen molar-refractivity contribution in [2.45, 2.75) is 25.9 Å². The average molecular weight is 374 g/mol. The summed E-state index contributed by atoms with van der Waals surface area (Å²) in [6.45, 7) is 1.37. The maximum atomic E-state index is 13.8. The molecule has 2 aromatic carbocycles. The van der Waals surface area contributed by atoms with Crippen molar-refractivity contribution in [1.82, 2.24) is 5.43 Å². The van der Waals surface area contributed by atoms with Gasteiger partial charge in [-0.1, -0.05) is 6.07 Å². The topological polar surface area (TPSA) is 75.7 Å². The lowest BCUT2D eigenvalue weighted by atomic mass is 10.1. The molecule has 0 bridgehead atoms. The van der Waals surface area contributed by atoms with Crippen molar-refractivity contribution in [3.05, 3.63) is 65.2 Å². The van der Waals surface area contributed by atoms with Crippen molar-refractivity contribution in [3.63, 3.8) is 0 Å². The highest BCUT2D eigenvalue weighted by Gasteiger charge is 2.25. The van der Waals surface area contributed by atoms with Crippen LogP contribution in [0.3, 0.4) is 0 Å². The largest absolute Gasteiger partial charge is 0.454 e. The molecule has 3 rings (SSSR count). The van der Waals surface area contributed by atoms with Gasteiger partial charge in [0.2, 0.25) is 11.8 Å². The number of nitrogens with one attached hydrogen (secondary N) is 1. The molecule has 2 aromatic rings. The number of carbonyl (C=O) groups excluding carboxylic acids is 3. The molecule has 0 radical (unpaired) electrons. The number of ether oxygens (including phenoxy) is 1. The Hall–Kier alpha value is -3.29. The number of halogens is 2. The molecule has 0 aliphatic carbocycles. The summed E-state index contributed by atoms with van der Waals surface area (Å²) in [5, 5.41) is 1.11. The van der Waals surface area contributed by atoms with Crippen LogP contribution in [0, 0.1) is 11.6 Å². The molecule has 2 amide bonds. The van der Waals surface area contributed by atoms with E-state index in [9.17, 15) is 23.2 Å². The number of rotatable bonds is 4. The smallest absolute Gasteiger partial charge is 0.338 e. The Morgan fingerprint density at radius 2 is 1.70 bits per heavy atom. The third-order valence-corrected chi connectivity index (χ3v) is 4.10. The lowest BCUT2D eigenvalue weighted by Gasteiger charge is -2.27. The normalized spacial score (nSPS) is 15.3. The molecule has 1 atom stereocenters. The fourth-order valence-electron chi connectivity index (χ4n) is 2.72. The zero-order valence-electron chi connectivity index (χ0n) is 14.4. The van der Waals surface area contributed by atoms with E-state index in [-0.39, 0.29) is 35.8 Å². The monoisotopic (exact) mass is 374 g/mol. The van der Waals surface area contributed by atoms with Crippen LogP contribution in [-0.2, 0) is 14.3 Å². The predicted molar refractivity (Wildman–Crippen MR) is 91.5 cm³/mol. The number of esters is 1. The minimum absolute atomic E-state index is 0.0986. The first kappa shape index (κ1) is 18.5. The Bertz CT molecular complexity index is 879. The number of carbonyl (C=O) groups is 3. The fraction of sp³-hybridized carbons (Fsp3) is 0.211. The van der Waals surface area contributed by atoms with Gasteiger partial charge in [-0.2, -0.15) is 0 Å². The Labute approximate surface area is 153 Å².